The highest BCUT2D eigenvalue weighted by atomic mass is 79.9. The average molecular weight is 271 g/mol. The lowest BCUT2D eigenvalue weighted by Crippen LogP contribution is -2.42. The lowest BCUT2D eigenvalue weighted by molar-refractivity contribution is -0.147. The molecule has 0 aliphatic heterocycles. The van der Waals surface area contributed by atoms with E-state index in [-0.39, 0.29) is 5.75 Å². The monoisotopic (exact) mass is 270 g/mol. The zero-order chi connectivity index (χ0) is 11.1. The number of hydrogen-bond donors (Lipinski definition) is 2. The van der Waals surface area contributed by atoms with Gasteiger partial charge in [-0.1, -0.05) is 22.4 Å². The summed E-state index contributed by atoms with van der Waals surface area (Å²) in [4.78, 5) is 11.3. The maximum absolute atomic E-state index is 11.3. The van der Waals surface area contributed by atoms with Crippen LogP contribution in [0.25, 0.3) is 0 Å². The first kappa shape index (κ1) is 10.5. The Morgan fingerprint density at radius 1 is 1.40 bits per heavy atom. The van der Waals surface area contributed by atoms with Crippen LogP contribution >= 0.6 is 15.9 Å². The molecule has 2 N–H and O–H groups in total. The van der Waals surface area contributed by atoms with Crippen LogP contribution in [0, 0.1) is 0 Å². The van der Waals surface area contributed by atoms with E-state index in [0.29, 0.717) is 18.4 Å². The molecule has 3 nitrogen and oxygen atoms in total. The van der Waals surface area contributed by atoms with Crippen LogP contribution in [-0.2, 0) is 10.2 Å². The molecule has 0 bridgehead atoms. The third-order valence-corrected chi connectivity index (χ3v) is 3.77. The van der Waals surface area contributed by atoms with Gasteiger partial charge in [-0.05, 0) is 36.6 Å². The number of hydrogen-bond acceptors (Lipinski definition) is 2. The van der Waals surface area contributed by atoms with Crippen molar-refractivity contribution < 1.29 is 15.0 Å². The van der Waals surface area contributed by atoms with Gasteiger partial charge in [-0.3, -0.25) is 4.79 Å². The Bertz CT molecular complexity index is 410. The lowest BCUT2D eigenvalue weighted by atomic mass is 9.64. The summed E-state index contributed by atoms with van der Waals surface area (Å²) < 4.78 is 0.752. The van der Waals surface area contributed by atoms with E-state index in [2.05, 4.69) is 15.9 Å². The molecule has 1 aliphatic carbocycles. The van der Waals surface area contributed by atoms with Gasteiger partial charge in [0.2, 0.25) is 0 Å². The van der Waals surface area contributed by atoms with Crippen LogP contribution in [0.3, 0.4) is 0 Å². The predicted molar refractivity (Wildman–Crippen MR) is 59.0 cm³/mol. The number of benzene rings is 1. The fourth-order valence-corrected chi connectivity index (χ4v) is 2.63. The lowest BCUT2D eigenvalue weighted by Gasteiger charge is -2.38. The van der Waals surface area contributed by atoms with Crippen LogP contribution in [0.5, 0.6) is 5.75 Å². The van der Waals surface area contributed by atoms with Gasteiger partial charge in [0, 0.05) is 4.47 Å². The number of rotatable bonds is 2. The minimum atomic E-state index is -0.806. The molecule has 4 heteroatoms. The minimum absolute atomic E-state index is 0.112. The summed E-state index contributed by atoms with van der Waals surface area (Å²) in [5.74, 6) is -0.694. The zero-order valence-corrected chi connectivity index (χ0v) is 9.62. The molecule has 1 aromatic rings. The fourth-order valence-electron chi connectivity index (χ4n) is 2.01. The van der Waals surface area contributed by atoms with Crippen molar-refractivity contribution in [3.63, 3.8) is 0 Å². The molecule has 0 spiro atoms. The second-order valence-electron chi connectivity index (χ2n) is 3.90. The molecule has 0 saturated heterocycles. The minimum Gasteiger partial charge on any atom is -0.508 e. The summed E-state index contributed by atoms with van der Waals surface area (Å²) in [6.07, 6.45) is 2.21. The number of halogens is 1. The number of carboxylic acid groups (broad SMARTS) is 1. The first-order chi connectivity index (χ1) is 7.06. The third kappa shape index (κ3) is 1.53. The maximum Gasteiger partial charge on any atom is 0.314 e. The van der Waals surface area contributed by atoms with E-state index in [1.54, 1.807) is 12.1 Å². The van der Waals surface area contributed by atoms with Crippen LogP contribution < -0.4 is 0 Å². The Balaban J connectivity index is 2.51. The van der Waals surface area contributed by atoms with Crippen molar-refractivity contribution in [2.24, 2.45) is 0 Å². The predicted octanol–water partition coefficient (Wildman–Crippen LogP) is 2.66. The molecule has 0 heterocycles. The van der Waals surface area contributed by atoms with Gasteiger partial charge >= 0.3 is 5.97 Å². The average Bonchev–Trinajstić information content (AvgIpc) is 2.08. The van der Waals surface area contributed by atoms with E-state index >= 15 is 0 Å². The third-order valence-electron chi connectivity index (χ3n) is 3.08. The number of aromatic hydroxyl groups is 1. The van der Waals surface area contributed by atoms with Crippen molar-refractivity contribution in [1.82, 2.24) is 0 Å². The first-order valence-corrected chi connectivity index (χ1v) is 5.58. The van der Waals surface area contributed by atoms with E-state index < -0.39 is 11.4 Å². The second kappa shape index (κ2) is 3.52. The molecule has 1 fully saturated rings. The highest BCUT2D eigenvalue weighted by Crippen LogP contribution is 2.47. The van der Waals surface area contributed by atoms with Crippen molar-refractivity contribution in [2.75, 3.05) is 0 Å². The summed E-state index contributed by atoms with van der Waals surface area (Å²) >= 11 is 3.33. The highest BCUT2D eigenvalue weighted by molar-refractivity contribution is 9.10. The van der Waals surface area contributed by atoms with E-state index in [9.17, 15) is 15.0 Å². The number of carboxylic acids is 1. The first-order valence-electron chi connectivity index (χ1n) is 4.79. The summed E-state index contributed by atoms with van der Waals surface area (Å²) in [5, 5.41) is 18.6. The van der Waals surface area contributed by atoms with Crippen molar-refractivity contribution in [2.45, 2.75) is 24.7 Å². The van der Waals surface area contributed by atoms with Crippen LogP contribution in [0.1, 0.15) is 24.8 Å². The van der Waals surface area contributed by atoms with Crippen molar-refractivity contribution in [1.29, 1.82) is 0 Å². The summed E-state index contributed by atoms with van der Waals surface area (Å²) in [7, 11) is 0. The van der Waals surface area contributed by atoms with Crippen molar-refractivity contribution >= 4 is 21.9 Å². The molecule has 2 rings (SSSR count). The Kier molecular flexibility index (Phi) is 2.46. The molecular formula is C11H11BrO3. The largest absolute Gasteiger partial charge is 0.508 e. The van der Waals surface area contributed by atoms with Crippen LogP contribution in [0.4, 0.5) is 0 Å². The van der Waals surface area contributed by atoms with Gasteiger partial charge in [0.05, 0.1) is 5.41 Å². The Morgan fingerprint density at radius 2 is 2.07 bits per heavy atom. The van der Waals surface area contributed by atoms with Crippen LogP contribution in [-0.4, -0.2) is 16.2 Å². The number of phenols is 1. The van der Waals surface area contributed by atoms with Crippen LogP contribution in [0.15, 0.2) is 22.7 Å². The second-order valence-corrected chi connectivity index (χ2v) is 4.76. The summed E-state index contributed by atoms with van der Waals surface area (Å²) in [5.41, 5.74) is -0.112. The molecule has 1 aliphatic rings. The summed E-state index contributed by atoms with van der Waals surface area (Å²) in [6.45, 7) is 0. The topological polar surface area (TPSA) is 57.5 Å². The van der Waals surface area contributed by atoms with E-state index in [1.807, 2.05) is 0 Å². The SMILES string of the molecule is O=C(O)C1(c2cc(O)ccc2Br)CCC1. The molecule has 0 aromatic heterocycles. The van der Waals surface area contributed by atoms with Gasteiger partial charge in [0.1, 0.15) is 5.75 Å². The van der Waals surface area contributed by atoms with Gasteiger partial charge in [0.25, 0.3) is 0 Å². The van der Waals surface area contributed by atoms with E-state index in [0.717, 1.165) is 10.9 Å². The standard InChI is InChI=1S/C11H11BrO3/c12-9-3-2-7(13)6-8(9)11(10(14)15)4-1-5-11/h2-3,6,13H,1,4-5H2,(H,14,15). The van der Waals surface area contributed by atoms with Crippen molar-refractivity contribution in [3.8, 4) is 5.75 Å². The molecule has 1 saturated carbocycles. The molecule has 0 atom stereocenters. The molecular weight excluding hydrogens is 260 g/mol. The number of carbonyl (C=O) groups is 1. The normalized spacial score (nSPS) is 18.2. The van der Waals surface area contributed by atoms with Crippen molar-refractivity contribution in [3.05, 3.63) is 28.2 Å². The molecule has 15 heavy (non-hydrogen) atoms. The quantitative estimate of drug-likeness (QED) is 0.869. The smallest absolute Gasteiger partial charge is 0.314 e. The zero-order valence-electron chi connectivity index (χ0n) is 8.03. The maximum atomic E-state index is 11.3. The number of phenolic OH excluding ortho intramolecular Hbond substituents is 1. The highest BCUT2D eigenvalue weighted by Gasteiger charge is 2.47. The van der Waals surface area contributed by atoms with Gasteiger partial charge < -0.3 is 10.2 Å². The Morgan fingerprint density at radius 3 is 2.53 bits per heavy atom. The van der Waals surface area contributed by atoms with Gasteiger partial charge in [-0.25, -0.2) is 0 Å². The molecule has 1 aromatic carbocycles. The van der Waals surface area contributed by atoms with Gasteiger partial charge in [0.15, 0.2) is 0 Å². The molecule has 0 amide bonds. The fraction of sp³-hybridized carbons (Fsp3) is 0.364. The van der Waals surface area contributed by atoms with Crippen LogP contribution in [0.2, 0.25) is 0 Å². The summed E-state index contributed by atoms with van der Waals surface area (Å²) in [6, 6.07) is 4.77. The van der Waals surface area contributed by atoms with Gasteiger partial charge in [-0.2, -0.15) is 0 Å². The number of aliphatic carboxylic acids is 1. The molecule has 0 unspecified atom stereocenters. The van der Waals surface area contributed by atoms with Gasteiger partial charge in [-0.15, -0.1) is 0 Å². The Labute approximate surface area is 95.9 Å². The molecule has 0 radical (unpaired) electrons. The molecule has 80 valence electrons. The van der Waals surface area contributed by atoms with E-state index in [1.165, 1.54) is 6.07 Å². The Hall–Kier alpha value is -1.03. The van der Waals surface area contributed by atoms with E-state index in [4.69, 9.17) is 0 Å².